The fourth-order valence-electron chi connectivity index (χ4n) is 2.19. The second-order valence-corrected chi connectivity index (χ2v) is 5.56. The van der Waals surface area contributed by atoms with Crippen LogP contribution < -0.4 is 10.6 Å². The Balaban J connectivity index is 0.00000484. The van der Waals surface area contributed by atoms with Crippen molar-refractivity contribution in [3.8, 4) is 0 Å². The van der Waals surface area contributed by atoms with E-state index in [9.17, 15) is 0 Å². The molecule has 23 heavy (non-hydrogen) atoms. The second kappa shape index (κ2) is 12.6. The molecular weight excluding hydrogens is 405 g/mol. The van der Waals surface area contributed by atoms with E-state index in [0.29, 0.717) is 12.5 Å². The molecule has 1 heterocycles. The van der Waals surface area contributed by atoms with Gasteiger partial charge in [-0.25, -0.2) is 0 Å². The molecule has 1 aromatic rings. The first-order valence-corrected chi connectivity index (χ1v) is 8.17. The van der Waals surface area contributed by atoms with Crippen molar-refractivity contribution >= 4 is 29.9 Å². The van der Waals surface area contributed by atoms with Crippen LogP contribution in [0.1, 0.15) is 32.2 Å². The van der Waals surface area contributed by atoms with Gasteiger partial charge in [0.1, 0.15) is 0 Å². The number of rotatable bonds is 9. The number of nitrogens with one attached hydrogen (secondary N) is 2. The lowest BCUT2D eigenvalue weighted by Crippen LogP contribution is -2.39. The van der Waals surface area contributed by atoms with Gasteiger partial charge in [-0.05, 0) is 39.7 Å². The van der Waals surface area contributed by atoms with E-state index in [1.54, 1.807) is 0 Å². The van der Waals surface area contributed by atoms with Gasteiger partial charge in [0.25, 0.3) is 0 Å². The Bertz CT molecular complexity index is 461. The zero-order valence-corrected chi connectivity index (χ0v) is 17.4. The van der Waals surface area contributed by atoms with Crippen molar-refractivity contribution in [3.63, 3.8) is 0 Å². The molecule has 0 aromatic carbocycles. The van der Waals surface area contributed by atoms with Gasteiger partial charge in [0, 0.05) is 38.5 Å². The highest BCUT2D eigenvalue weighted by Gasteiger charge is 2.07. The third-order valence-electron chi connectivity index (χ3n) is 3.24. The Labute approximate surface area is 157 Å². The molecule has 1 aromatic heterocycles. The Kier molecular flexibility index (Phi) is 12.1. The summed E-state index contributed by atoms with van der Waals surface area (Å²) in [5, 5.41) is 11.0. The summed E-state index contributed by atoms with van der Waals surface area (Å²) in [6, 6.07) is 2.11. The molecule has 0 amide bonds. The third kappa shape index (κ3) is 9.14. The molecule has 7 heteroatoms. The Morgan fingerprint density at radius 3 is 2.65 bits per heavy atom. The summed E-state index contributed by atoms with van der Waals surface area (Å²) in [6.45, 7) is 15.1. The molecule has 0 saturated heterocycles. The van der Waals surface area contributed by atoms with Crippen LogP contribution in [0.2, 0.25) is 0 Å². The Hall–Kier alpha value is -0.830. The van der Waals surface area contributed by atoms with Gasteiger partial charge in [0.2, 0.25) is 0 Å². The van der Waals surface area contributed by atoms with Gasteiger partial charge >= 0.3 is 0 Å². The first-order chi connectivity index (χ1) is 10.6. The van der Waals surface area contributed by atoms with E-state index in [-0.39, 0.29) is 24.0 Å². The summed E-state index contributed by atoms with van der Waals surface area (Å²) < 4.78 is 7.39. The number of aryl methyl sites for hydroxylation is 2. The molecule has 0 fully saturated rings. The predicted octanol–water partition coefficient (Wildman–Crippen LogP) is 2.35. The van der Waals surface area contributed by atoms with Crippen LogP contribution >= 0.6 is 24.0 Å². The smallest absolute Gasteiger partial charge is 0.191 e. The maximum Gasteiger partial charge on any atom is 0.191 e. The molecule has 6 nitrogen and oxygen atoms in total. The zero-order chi connectivity index (χ0) is 16.4. The summed E-state index contributed by atoms with van der Waals surface area (Å²) in [6.07, 6.45) is 0. The van der Waals surface area contributed by atoms with Crippen molar-refractivity contribution in [2.45, 2.75) is 41.2 Å². The average molecular weight is 437 g/mol. The SMILES string of the molecule is CCNC(=NCC(C)Cn1nc(C)cc1C)NCCOCC.I. The van der Waals surface area contributed by atoms with Gasteiger partial charge in [0.05, 0.1) is 12.3 Å². The number of guanidine groups is 1. The Morgan fingerprint density at radius 2 is 2.09 bits per heavy atom. The summed E-state index contributed by atoms with van der Waals surface area (Å²) >= 11 is 0. The minimum atomic E-state index is 0. The van der Waals surface area contributed by atoms with Gasteiger partial charge in [-0.15, -0.1) is 24.0 Å². The van der Waals surface area contributed by atoms with E-state index < -0.39 is 0 Å². The van der Waals surface area contributed by atoms with Crippen molar-refractivity contribution < 1.29 is 4.74 Å². The van der Waals surface area contributed by atoms with Gasteiger partial charge in [0.15, 0.2) is 5.96 Å². The lowest BCUT2D eigenvalue weighted by atomic mass is 10.2. The largest absolute Gasteiger partial charge is 0.380 e. The molecule has 1 atom stereocenters. The fraction of sp³-hybridized carbons (Fsp3) is 0.750. The van der Waals surface area contributed by atoms with Crippen LogP contribution in [0.3, 0.4) is 0 Å². The van der Waals surface area contributed by atoms with Gasteiger partial charge in [-0.2, -0.15) is 5.10 Å². The van der Waals surface area contributed by atoms with Crippen LogP contribution in [-0.4, -0.2) is 48.6 Å². The van der Waals surface area contributed by atoms with E-state index in [0.717, 1.165) is 44.4 Å². The fourth-order valence-corrected chi connectivity index (χ4v) is 2.19. The van der Waals surface area contributed by atoms with Gasteiger partial charge < -0.3 is 15.4 Å². The van der Waals surface area contributed by atoms with Crippen molar-refractivity contribution in [3.05, 3.63) is 17.5 Å². The van der Waals surface area contributed by atoms with Crippen LogP contribution in [0, 0.1) is 19.8 Å². The standard InChI is InChI=1S/C16H31N5O.HI/c1-6-17-16(18-8-9-22-7-2)19-11-13(3)12-21-15(5)10-14(4)20-21;/h10,13H,6-9,11-12H2,1-5H3,(H2,17,18,19);1H. The molecule has 1 unspecified atom stereocenters. The van der Waals surface area contributed by atoms with Gasteiger partial charge in [-0.3, -0.25) is 9.67 Å². The van der Waals surface area contributed by atoms with Crippen molar-refractivity contribution in [1.29, 1.82) is 0 Å². The zero-order valence-electron chi connectivity index (χ0n) is 15.1. The molecule has 0 radical (unpaired) electrons. The molecule has 0 bridgehead atoms. The number of aliphatic imine (C=N–C) groups is 1. The molecule has 0 aliphatic heterocycles. The van der Waals surface area contributed by atoms with E-state index in [1.807, 2.05) is 13.8 Å². The number of nitrogens with zero attached hydrogens (tertiary/aromatic N) is 3. The van der Waals surface area contributed by atoms with Gasteiger partial charge in [-0.1, -0.05) is 6.92 Å². The lowest BCUT2D eigenvalue weighted by Gasteiger charge is -2.14. The van der Waals surface area contributed by atoms with Crippen LogP contribution in [0.25, 0.3) is 0 Å². The third-order valence-corrected chi connectivity index (χ3v) is 3.24. The number of hydrogen-bond donors (Lipinski definition) is 2. The van der Waals surface area contributed by atoms with Crippen molar-refractivity contribution in [2.24, 2.45) is 10.9 Å². The van der Waals surface area contributed by atoms with Crippen molar-refractivity contribution in [2.75, 3.05) is 32.8 Å². The van der Waals surface area contributed by atoms with Crippen LogP contribution in [0.15, 0.2) is 11.1 Å². The summed E-state index contributed by atoms with van der Waals surface area (Å²) in [5.41, 5.74) is 2.27. The lowest BCUT2D eigenvalue weighted by molar-refractivity contribution is 0.152. The molecule has 1 rings (SSSR count). The number of halogens is 1. The average Bonchev–Trinajstić information content (AvgIpc) is 2.78. The van der Waals surface area contributed by atoms with E-state index in [4.69, 9.17) is 4.74 Å². The van der Waals surface area contributed by atoms with Crippen LogP contribution in [0.4, 0.5) is 0 Å². The van der Waals surface area contributed by atoms with Crippen LogP contribution in [-0.2, 0) is 11.3 Å². The number of ether oxygens (including phenoxy) is 1. The molecule has 134 valence electrons. The van der Waals surface area contributed by atoms with E-state index in [1.165, 1.54) is 5.69 Å². The minimum absolute atomic E-state index is 0. The molecule has 0 saturated carbocycles. The quantitative estimate of drug-likeness (QED) is 0.270. The molecule has 2 N–H and O–H groups in total. The minimum Gasteiger partial charge on any atom is -0.380 e. The number of hydrogen-bond acceptors (Lipinski definition) is 3. The normalized spacial score (nSPS) is 12.7. The molecular formula is C16H32IN5O. The van der Waals surface area contributed by atoms with E-state index in [2.05, 4.69) is 52.2 Å². The highest BCUT2D eigenvalue weighted by molar-refractivity contribution is 14.0. The van der Waals surface area contributed by atoms with E-state index >= 15 is 0 Å². The number of aromatic nitrogens is 2. The molecule has 0 aliphatic rings. The van der Waals surface area contributed by atoms with Crippen LogP contribution in [0.5, 0.6) is 0 Å². The topological polar surface area (TPSA) is 63.5 Å². The second-order valence-electron chi connectivity index (χ2n) is 5.56. The highest BCUT2D eigenvalue weighted by Crippen LogP contribution is 2.06. The maximum absolute atomic E-state index is 5.33. The summed E-state index contributed by atoms with van der Waals surface area (Å²) in [4.78, 5) is 4.64. The molecule has 0 spiro atoms. The monoisotopic (exact) mass is 437 g/mol. The first-order valence-electron chi connectivity index (χ1n) is 8.17. The summed E-state index contributed by atoms with van der Waals surface area (Å²) in [5.74, 6) is 1.28. The predicted molar refractivity (Wildman–Crippen MR) is 107 cm³/mol. The highest BCUT2D eigenvalue weighted by atomic mass is 127. The molecule has 0 aliphatic carbocycles. The first kappa shape index (κ1) is 22.2. The van der Waals surface area contributed by atoms with Crippen molar-refractivity contribution in [1.82, 2.24) is 20.4 Å². The summed E-state index contributed by atoms with van der Waals surface area (Å²) in [7, 11) is 0. The Morgan fingerprint density at radius 1 is 1.35 bits per heavy atom. The maximum atomic E-state index is 5.33.